The fraction of sp³-hybridized carbons (Fsp3) is 0.400. The number of benzene rings is 1. The summed E-state index contributed by atoms with van der Waals surface area (Å²) in [5, 5.41) is 2.34. The highest BCUT2D eigenvalue weighted by Crippen LogP contribution is 2.50. The number of aryl methyl sites for hydroxylation is 1. The molecule has 2 aliphatic heterocycles. The van der Waals surface area contributed by atoms with Gasteiger partial charge in [-0.25, -0.2) is 15.0 Å². The molecule has 1 aromatic carbocycles. The molecule has 0 bridgehead atoms. The molecule has 0 radical (unpaired) electrons. The first kappa shape index (κ1) is 23.1. The Bertz CT molecular complexity index is 1460. The van der Waals surface area contributed by atoms with E-state index in [2.05, 4.69) is 30.9 Å². The van der Waals surface area contributed by atoms with Crippen molar-refractivity contribution in [1.29, 1.82) is 0 Å². The number of fused-ring (bicyclic) bond motifs is 3. The Morgan fingerprint density at radius 3 is 2.83 bits per heavy atom. The van der Waals surface area contributed by atoms with Crippen LogP contribution in [0.25, 0.3) is 21.9 Å². The normalized spacial score (nSPS) is 27.5. The quantitative estimate of drug-likeness (QED) is 0.302. The number of hydrogen-bond donors (Lipinski definition) is 0. The number of nitrogens with zero attached hydrogens (tertiary/aromatic N) is 4. The highest BCUT2D eigenvalue weighted by molar-refractivity contribution is 9.10. The van der Waals surface area contributed by atoms with Crippen LogP contribution >= 0.6 is 27.5 Å². The zero-order chi connectivity index (χ0) is 24.5. The topological polar surface area (TPSA) is 80.5 Å². The van der Waals surface area contributed by atoms with Crippen LogP contribution in [-0.2, 0) is 14.2 Å². The molecule has 4 aromatic rings. The summed E-state index contributed by atoms with van der Waals surface area (Å²) in [6.07, 6.45) is 2.35. The summed E-state index contributed by atoms with van der Waals surface area (Å²) >= 11 is 9.60. The Morgan fingerprint density at radius 2 is 2.00 bits per heavy atom. The number of pyridine rings is 1. The minimum atomic E-state index is -0.759. The van der Waals surface area contributed by atoms with Crippen LogP contribution in [0.4, 0.5) is 0 Å². The van der Waals surface area contributed by atoms with E-state index in [-0.39, 0.29) is 12.7 Å². The van der Waals surface area contributed by atoms with Gasteiger partial charge in [-0.15, -0.1) is 0 Å². The van der Waals surface area contributed by atoms with Gasteiger partial charge in [0, 0.05) is 23.0 Å². The first-order valence-corrected chi connectivity index (χ1v) is 12.5. The first-order chi connectivity index (χ1) is 16.6. The smallest absolute Gasteiger partial charge is 0.165 e. The van der Waals surface area contributed by atoms with Crippen LogP contribution in [0.3, 0.4) is 0 Å². The molecule has 2 saturated heterocycles. The molecule has 10 heteroatoms. The molecule has 8 nitrogen and oxygen atoms in total. The third-order valence-corrected chi connectivity index (χ3v) is 7.85. The van der Waals surface area contributed by atoms with Crippen molar-refractivity contribution >= 4 is 49.5 Å². The standard InChI is InChI=1S/C25H24BrClN4O4/c1-13-16-7-8-31(22(16)29-12-28-13)23-20-25(4,35-24(2,3)34-20)19(33-23)11-32-15-6-5-14-9-17(26)21(27)30-18(14)10-15/h5-10,12,19-20,23H,11H2,1-4H3/t19-,20+,23-,25-/m1/s1. The van der Waals surface area contributed by atoms with E-state index in [0.29, 0.717) is 10.9 Å². The van der Waals surface area contributed by atoms with E-state index in [1.165, 1.54) is 0 Å². The molecule has 5 heterocycles. The average molecular weight is 560 g/mol. The van der Waals surface area contributed by atoms with E-state index in [0.717, 1.165) is 32.1 Å². The van der Waals surface area contributed by atoms with Gasteiger partial charge in [-0.3, -0.25) is 0 Å². The van der Waals surface area contributed by atoms with E-state index in [4.69, 9.17) is 30.5 Å². The zero-order valence-electron chi connectivity index (χ0n) is 19.7. The predicted octanol–water partition coefficient (Wildman–Crippen LogP) is 5.59. The number of rotatable bonds is 4. The monoisotopic (exact) mass is 558 g/mol. The molecule has 35 heavy (non-hydrogen) atoms. The molecule has 4 atom stereocenters. The second-order valence-corrected chi connectivity index (χ2v) is 10.8. The Hall–Kier alpha value is -2.30. The minimum absolute atomic E-state index is 0.270. The Kier molecular flexibility index (Phi) is 5.36. The summed E-state index contributed by atoms with van der Waals surface area (Å²) in [5.41, 5.74) is 1.73. The van der Waals surface area contributed by atoms with Crippen molar-refractivity contribution in [2.75, 3.05) is 6.61 Å². The Morgan fingerprint density at radius 1 is 1.17 bits per heavy atom. The maximum Gasteiger partial charge on any atom is 0.165 e. The fourth-order valence-electron chi connectivity index (χ4n) is 5.08. The van der Waals surface area contributed by atoms with Gasteiger partial charge >= 0.3 is 0 Å². The van der Waals surface area contributed by atoms with Crippen molar-refractivity contribution < 1.29 is 18.9 Å². The van der Waals surface area contributed by atoms with Crippen LogP contribution in [-0.4, -0.2) is 49.7 Å². The fourth-order valence-corrected chi connectivity index (χ4v) is 5.56. The number of aromatic nitrogens is 4. The molecule has 182 valence electrons. The van der Waals surface area contributed by atoms with Crippen LogP contribution in [0, 0.1) is 6.92 Å². The number of halogens is 2. The van der Waals surface area contributed by atoms with Crippen molar-refractivity contribution in [3.8, 4) is 5.75 Å². The minimum Gasteiger partial charge on any atom is -0.491 e. The van der Waals surface area contributed by atoms with Crippen LogP contribution in [0.2, 0.25) is 5.15 Å². The van der Waals surface area contributed by atoms with Gasteiger partial charge in [-0.1, -0.05) is 11.6 Å². The highest BCUT2D eigenvalue weighted by atomic mass is 79.9. The van der Waals surface area contributed by atoms with Gasteiger partial charge in [-0.2, -0.15) is 0 Å². The van der Waals surface area contributed by atoms with E-state index >= 15 is 0 Å². The lowest BCUT2D eigenvalue weighted by Crippen LogP contribution is -2.46. The van der Waals surface area contributed by atoms with Crippen molar-refractivity contribution in [3.63, 3.8) is 0 Å². The maximum atomic E-state index is 6.55. The lowest BCUT2D eigenvalue weighted by Gasteiger charge is -2.29. The SMILES string of the molecule is Cc1ncnc2c1ccn2[C@@H]1O[C@H](COc2ccc3cc(Br)c(Cl)nc3c2)[C@@]2(C)OC(C)(C)O[C@@H]12. The molecule has 2 aliphatic rings. The van der Waals surface area contributed by atoms with Crippen LogP contribution in [0.15, 0.2) is 47.3 Å². The second kappa shape index (κ2) is 8.11. The lowest BCUT2D eigenvalue weighted by molar-refractivity contribution is -0.213. The van der Waals surface area contributed by atoms with Gasteiger partial charge in [0.1, 0.15) is 47.3 Å². The molecular formula is C25H24BrClN4O4. The predicted molar refractivity (Wildman–Crippen MR) is 135 cm³/mol. The van der Waals surface area contributed by atoms with Crippen molar-refractivity contribution in [1.82, 2.24) is 19.5 Å². The van der Waals surface area contributed by atoms with E-state index < -0.39 is 23.7 Å². The molecular weight excluding hydrogens is 536 g/mol. The summed E-state index contributed by atoms with van der Waals surface area (Å²) in [4.78, 5) is 13.2. The molecule has 0 aliphatic carbocycles. The number of ether oxygens (including phenoxy) is 4. The van der Waals surface area contributed by atoms with Crippen molar-refractivity contribution in [2.45, 2.75) is 57.5 Å². The highest BCUT2D eigenvalue weighted by Gasteiger charge is 2.64. The van der Waals surface area contributed by atoms with Gasteiger partial charge in [0.05, 0.1) is 15.7 Å². The molecule has 0 saturated carbocycles. The van der Waals surface area contributed by atoms with Gasteiger partial charge in [0.15, 0.2) is 12.0 Å². The van der Waals surface area contributed by atoms with Gasteiger partial charge in [-0.05, 0) is 67.9 Å². The van der Waals surface area contributed by atoms with Crippen LogP contribution in [0.1, 0.15) is 32.7 Å². The van der Waals surface area contributed by atoms with Crippen LogP contribution in [0.5, 0.6) is 5.75 Å². The van der Waals surface area contributed by atoms with Gasteiger partial charge in [0.25, 0.3) is 0 Å². The Balaban J connectivity index is 1.30. The third-order valence-electron chi connectivity index (χ3n) is 6.73. The van der Waals surface area contributed by atoms with Crippen molar-refractivity contribution in [2.24, 2.45) is 0 Å². The second-order valence-electron chi connectivity index (χ2n) is 9.59. The number of hydrogen-bond acceptors (Lipinski definition) is 7. The van der Waals surface area contributed by atoms with Gasteiger partial charge < -0.3 is 23.5 Å². The molecule has 2 fully saturated rings. The third kappa shape index (κ3) is 3.81. The summed E-state index contributed by atoms with van der Waals surface area (Å²) in [7, 11) is 0. The van der Waals surface area contributed by atoms with E-state index in [9.17, 15) is 0 Å². The lowest BCUT2D eigenvalue weighted by atomic mass is 9.95. The van der Waals surface area contributed by atoms with Gasteiger partial charge in [0.2, 0.25) is 0 Å². The maximum absolute atomic E-state index is 6.55. The summed E-state index contributed by atoms with van der Waals surface area (Å²) in [6, 6.07) is 9.67. The Labute approximate surface area is 215 Å². The molecule has 3 aromatic heterocycles. The molecule has 6 rings (SSSR count). The summed E-state index contributed by atoms with van der Waals surface area (Å²) < 4.78 is 28.3. The molecule has 0 spiro atoms. The average Bonchev–Trinajstić information content (AvgIpc) is 3.41. The molecule has 0 unspecified atom stereocenters. The van der Waals surface area contributed by atoms with Crippen molar-refractivity contribution in [3.05, 3.63) is 58.2 Å². The molecule has 0 N–H and O–H groups in total. The van der Waals surface area contributed by atoms with E-state index in [1.54, 1.807) is 6.33 Å². The zero-order valence-corrected chi connectivity index (χ0v) is 22.0. The van der Waals surface area contributed by atoms with Crippen LogP contribution < -0.4 is 4.74 Å². The first-order valence-electron chi connectivity index (χ1n) is 11.3. The largest absolute Gasteiger partial charge is 0.491 e. The summed E-state index contributed by atoms with van der Waals surface area (Å²) in [5.74, 6) is -0.0894. The van der Waals surface area contributed by atoms with E-state index in [1.807, 2.05) is 68.8 Å². The summed E-state index contributed by atoms with van der Waals surface area (Å²) in [6.45, 7) is 8.09. The molecule has 0 amide bonds.